The molecule has 4 rings (SSSR count). The maximum Gasteiger partial charge on any atom is 0.194 e. The van der Waals surface area contributed by atoms with Gasteiger partial charge in [0.1, 0.15) is 0 Å². The number of hydrogen-bond donors (Lipinski definition) is 0. The second kappa shape index (κ2) is 12.0. The summed E-state index contributed by atoms with van der Waals surface area (Å²) in [6.07, 6.45) is 2.78. The van der Waals surface area contributed by atoms with Crippen molar-refractivity contribution >= 4 is 17.3 Å². The minimum atomic E-state index is -0.293. The first kappa shape index (κ1) is 26.9. The van der Waals surface area contributed by atoms with Gasteiger partial charge in [-0.25, -0.2) is 0 Å². The lowest BCUT2D eigenvalue weighted by Crippen LogP contribution is -2.19. The van der Waals surface area contributed by atoms with Crippen molar-refractivity contribution < 1.29 is 14.4 Å². The van der Waals surface area contributed by atoms with Crippen LogP contribution < -0.4 is 0 Å². The van der Waals surface area contributed by atoms with E-state index in [1.54, 1.807) is 36.4 Å². The summed E-state index contributed by atoms with van der Waals surface area (Å²) >= 11 is 0. The molecule has 0 amide bonds. The fourth-order valence-electron chi connectivity index (χ4n) is 5.36. The molecule has 192 valence electrons. The quantitative estimate of drug-likeness (QED) is 0.210. The monoisotopic (exact) mass is 502 g/mol. The smallest absolute Gasteiger partial charge is 0.194 e. The summed E-state index contributed by atoms with van der Waals surface area (Å²) < 4.78 is 0. The fourth-order valence-corrected chi connectivity index (χ4v) is 5.36. The number of carbonyl (C=O) groups is 3. The van der Waals surface area contributed by atoms with Crippen LogP contribution in [0.5, 0.6) is 0 Å². The van der Waals surface area contributed by atoms with Gasteiger partial charge >= 0.3 is 0 Å². The molecule has 0 N–H and O–H groups in total. The first-order chi connectivity index (χ1) is 18.5. The van der Waals surface area contributed by atoms with Crippen LogP contribution in [0.3, 0.4) is 0 Å². The van der Waals surface area contributed by atoms with Gasteiger partial charge in [-0.05, 0) is 60.1 Å². The maximum absolute atomic E-state index is 14.4. The van der Waals surface area contributed by atoms with Crippen LogP contribution in [-0.2, 0) is 25.7 Å². The molecule has 0 saturated heterocycles. The van der Waals surface area contributed by atoms with E-state index in [4.69, 9.17) is 0 Å². The summed E-state index contributed by atoms with van der Waals surface area (Å²) in [5.74, 6) is -0.630. The summed E-state index contributed by atoms with van der Waals surface area (Å²) in [6.45, 7) is 8.14. The molecule has 4 aromatic rings. The molecule has 0 bridgehead atoms. The van der Waals surface area contributed by atoms with Crippen LogP contribution in [0, 0.1) is 0 Å². The number of aryl methyl sites for hydroxylation is 2. The Bertz CT molecular complexity index is 1370. The van der Waals surface area contributed by atoms with Gasteiger partial charge in [0, 0.05) is 33.4 Å². The Morgan fingerprint density at radius 3 is 1.13 bits per heavy atom. The zero-order valence-corrected chi connectivity index (χ0v) is 22.6. The number of benzene rings is 4. The first-order valence-electron chi connectivity index (χ1n) is 13.5. The summed E-state index contributed by atoms with van der Waals surface area (Å²) in [5, 5.41) is 0. The van der Waals surface area contributed by atoms with Crippen molar-refractivity contribution in [3.8, 4) is 0 Å². The Morgan fingerprint density at radius 2 is 0.816 bits per heavy atom. The fraction of sp³-hybridized carbons (Fsp3) is 0.229. The third-order valence-corrected chi connectivity index (χ3v) is 7.30. The van der Waals surface area contributed by atoms with E-state index in [0.717, 1.165) is 35.1 Å². The van der Waals surface area contributed by atoms with Crippen LogP contribution in [-0.4, -0.2) is 17.3 Å². The van der Waals surface area contributed by atoms with Crippen molar-refractivity contribution in [2.45, 2.75) is 53.4 Å². The molecule has 0 aliphatic heterocycles. The van der Waals surface area contributed by atoms with Crippen LogP contribution in [0.25, 0.3) is 0 Å². The van der Waals surface area contributed by atoms with Crippen molar-refractivity contribution in [1.29, 1.82) is 0 Å². The van der Waals surface area contributed by atoms with Gasteiger partial charge in [-0.1, -0.05) is 100 Å². The van der Waals surface area contributed by atoms with Crippen molar-refractivity contribution in [2.24, 2.45) is 0 Å². The highest BCUT2D eigenvalue weighted by atomic mass is 16.1. The molecule has 0 aliphatic rings. The zero-order valence-electron chi connectivity index (χ0n) is 22.6. The summed E-state index contributed by atoms with van der Waals surface area (Å²) in [4.78, 5) is 42.2. The molecule has 0 heterocycles. The van der Waals surface area contributed by atoms with E-state index in [-0.39, 0.29) is 17.3 Å². The maximum atomic E-state index is 14.4. The Hall–Kier alpha value is -4.11. The van der Waals surface area contributed by atoms with Crippen molar-refractivity contribution in [3.05, 3.63) is 141 Å². The van der Waals surface area contributed by atoms with Gasteiger partial charge < -0.3 is 0 Å². The Balaban J connectivity index is 1.99. The van der Waals surface area contributed by atoms with E-state index >= 15 is 0 Å². The van der Waals surface area contributed by atoms with Gasteiger partial charge in [0.2, 0.25) is 0 Å². The summed E-state index contributed by atoms with van der Waals surface area (Å²) in [5.41, 5.74) is 6.56. The molecule has 4 aromatic carbocycles. The molecule has 0 aliphatic carbocycles. The zero-order chi connectivity index (χ0) is 27.2. The predicted molar refractivity (Wildman–Crippen MR) is 154 cm³/mol. The standard InChI is InChI=1S/C35H34O3/c1-5-23-19-21-29(31(27(23)7-3)33(36)25-15-11-9-12-16-25)35(38)30-22-20-24(6-2)28(8-4)32(30)34(37)26-17-13-10-14-18-26/h9-22H,5-8H2,1-4H3. The second-order valence-corrected chi connectivity index (χ2v) is 9.39. The molecule has 38 heavy (non-hydrogen) atoms. The molecule has 3 nitrogen and oxygen atoms in total. The highest BCUT2D eigenvalue weighted by Gasteiger charge is 2.28. The topological polar surface area (TPSA) is 51.2 Å². The molecule has 0 atom stereocenters. The highest BCUT2D eigenvalue weighted by molar-refractivity contribution is 6.24. The lowest BCUT2D eigenvalue weighted by Gasteiger charge is -2.20. The van der Waals surface area contributed by atoms with Crippen molar-refractivity contribution in [3.63, 3.8) is 0 Å². The van der Waals surface area contributed by atoms with E-state index in [0.29, 0.717) is 46.2 Å². The third-order valence-electron chi connectivity index (χ3n) is 7.30. The lowest BCUT2D eigenvalue weighted by molar-refractivity contribution is 0.0993. The largest absolute Gasteiger partial charge is 0.289 e. The first-order valence-corrected chi connectivity index (χ1v) is 13.5. The van der Waals surface area contributed by atoms with E-state index in [1.807, 2.05) is 62.4 Å². The number of rotatable bonds is 10. The molecule has 0 unspecified atom stereocenters. The predicted octanol–water partition coefficient (Wildman–Crippen LogP) is 7.63. The molecule has 0 saturated carbocycles. The minimum absolute atomic E-state index is 0.169. The van der Waals surface area contributed by atoms with Gasteiger partial charge in [-0.3, -0.25) is 14.4 Å². The average Bonchev–Trinajstić information content (AvgIpc) is 2.99. The average molecular weight is 503 g/mol. The summed E-state index contributed by atoms with van der Waals surface area (Å²) in [6, 6.07) is 25.6. The van der Waals surface area contributed by atoms with Crippen molar-refractivity contribution in [2.75, 3.05) is 0 Å². The number of hydrogen-bond acceptors (Lipinski definition) is 3. The normalized spacial score (nSPS) is 10.8. The number of carbonyl (C=O) groups excluding carboxylic acids is 3. The van der Waals surface area contributed by atoms with E-state index in [1.165, 1.54) is 0 Å². The van der Waals surface area contributed by atoms with E-state index < -0.39 is 0 Å². The molecule has 0 aromatic heterocycles. The molecule has 0 spiro atoms. The molecule has 0 fully saturated rings. The van der Waals surface area contributed by atoms with Crippen LogP contribution in [0.15, 0.2) is 84.9 Å². The SMILES string of the molecule is CCc1ccc(C(=O)c2ccc(CC)c(CC)c2C(=O)c2ccccc2)c(C(=O)c2ccccc2)c1CC. The molecule has 0 radical (unpaired) electrons. The van der Waals surface area contributed by atoms with Gasteiger partial charge in [0.15, 0.2) is 17.3 Å². The number of ketones is 3. The van der Waals surface area contributed by atoms with E-state index in [2.05, 4.69) is 13.8 Å². The van der Waals surface area contributed by atoms with Crippen LogP contribution in [0.4, 0.5) is 0 Å². The molecule has 3 heteroatoms. The summed E-state index contributed by atoms with van der Waals surface area (Å²) in [7, 11) is 0. The Morgan fingerprint density at radius 1 is 0.447 bits per heavy atom. The molecular formula is C35H34O3. The van der Waals surface area contributed by atoms with Crippen LogP contribution in [0.1, 0.15) is 97.7 Å². The third kappa shape index (κ3) is 5.02. The minimum Gasteiger partial charge on any atom is -0.289 e. The van der Waals surface area contributed by atoms with Crippen LogP contribution >= 0.6 is 0 Å². The lowest BCUT2D eigenvalue weighted by atomic mass is 9.82. The Labute approximate surface area is 225 Å². The van der Waals surface area contributed by atoms with Gasteiger partial charge in [0.25, 0.3) is 0 Å². The van der Waals surface area contributed by atoms with E-state index in [9.17, 15) is 14.4 Å². The van der Waals surface area contributed by atoms with Gasteiger partial charge in [-0.2, -0.15) is 0 Å². The van der Waals surface area contributed by atoms with Gasteiger partial charge in [-0.15, -0.1) is 0 Å². The highest BCUT2D eigenvalue weighted by Crippen LogP contribution is 2.30. The second-order valence-electron chi connectivity index (χ2n) is 9.39. The van der Waals surface area contributed by atoms with Gasteiger partial charge in [0.05, 0.1) is 0 Å². The Kier molecular flexibility index (Phi) is 8.48. The van der Waals surface area contributed by atoms with Crippen LogP contribution in [0.2, 0.25) is 0 Å². The molecular weight excluding hydrogens is 468 g/mol. The van der Waals surface area contributed by atoms with Crippen molar-refractivity contribution in [1.82, 2.24) is 0 Å².